The molecule has 2 unspecified atom stereocenters. The molecule has 0 saturated carbocycles. The molecular weight excluding hydrogens is 770 g/mol. The van der Waals surface area contributed by atoms with E-state index < -0.39 is 13.9 Å². The highest BCUT2D eigenvalue weighted by Crippen LogP contribution is 2.43. The van der Waals surface area contributed by atoms with Gasteiger partial charge < -0.3 is 20.1 Å². The first kappa shape index (κ1) is 57.9. The number of allylic oxidation sites excluding steroid dienone is 12. The molecule has 0 rings (SSSR count). The molecule has 0 spiro atoms. The summed E-state index contributed by atoms with van der Waals surface area (Å²) in [5, 5.41) is 0. The average Bonchev–Trinajstić information content (AvgIpc) is 3.24. The Kier molecular flexibility index (Phi) is 46.3. The second-order valence-electron chi connectivity index (χ2n) is 15.9. The number of carbonyl (C=O) groups is 1. The third-order valence-electron chi connectivity index (χ3n) is 10.1. The Labute approximate surface area is 369 Å². The van der Waals surface area contributed by atoms with Gasteiger partial charge in [-0.05, 0) is 83.5 Å². The second kappa shape index (κ2) is 48.0. The molecule has 60 heavy (non-hydrogen) atoms. The molecule has 0 fully saturated rings. The van der Waals surface area contributed by atoms with Crippen LogP contribution in [0.3, 0.4) is 0 Å². The molecule has 348 valence electrons. The minimum Gasteiger partial charge on any atom is -0.457 e. The van der Waals surface area contributed by atoms with Gasteiger partial charge in [-0.3, -0.25) is 13.8 Å². The highest BCUT2D eigenvalue weighted by molar-refractivity contribution is 7.47. The first-order valence-corrected chi connectivity index (χ1v) is 25.9. The molecule has 0 saturated heterocycles. The van der Waals surface area contributed by atoms with Gasteiger partial charge in [0, 0.05) is 19.6 Å². The third kappa shape index (κ3) is 47.0. The number of carbonyl (C=O) groups excluding carboxylic acids is 1. The van der Waals surface area contributed by atoms with Crippen LogP contribution in [0.25, 0.3) is 0 Å². The van der Waals surface area contributed by atoms with Crippen LogP contribution in [-0.2, 0) is 27.9 Å². The van der Waals surface area contributed by atoms with Gasteiger partial charge in [-0.25, -0.2) is 4.57 Å². The number of ether oxygens (including phenoxy) is 2. The number of hydrogen-bond acceptors (Lipinski definition) is 7. The van der Waals surface area contributed by atoms with Crippen LogP contribution in [0.5, 0.6) is 0 Å². The highest BCUT2D eigenvalue weighted by Gasteiger charge is 2.25. The minimum atomic E-state index is -4.29. The van der Waals surface area contributed by atoms with E-state index >= 15 is 0 Å². The van der Waals surface area contributed by atoms with Crippen LogP contribution in [0.2, 0.25) is 0 Å². The number of rotatable bonds is 46. The maximum absolute atomic E-state index is 12.6. The maximum atomic E-state index is 12.6. The fraction of sp³-hybridized carbons (Fsp3) is 0.745. The Morgan fingerprint density at radius 3 is 1.40 bits per heavy atom. The molecule has 0 aromatic heterocycles. The summed E-state index contributed by atoms with van der Waals surface area (Å²) >= 11 is 0. The summed E-state index contributed by atoms with van der Waals surface area (Å²) in [7, 11) is -4.29. The van der Waals surface area contributed by atoms with E-state index in [2.05, 4.69) is 86.8 Å². The summed E-state index contributed by atoms with van der Waals surface area (Å²) < 4.78 is 33.5. The van der Waals surface area contributed by atoms with Crippen molar-refractivity contribution < 1.29 is 32.8 Å². The van der Waals surface area contributed by atoms with Gasteiger partial charge in [-0.15, -0.1) is 0 Å². The lowest BCUT2D eigenvalue weighted by molar-refractivity contribution is -0.154. The Balaban J connectivity index is 3.96. The number of phosphoric ester groups is 1. The van der Waals surface area contributed by atoms with E-state index in [1.165, 1.54) is 109 Å². The van der Waals surface area contributed by atoms with Gasteiger partial charge >= 0.3 is 13.8 Å². The van der Waals surface area contributed by atoms with Gasteiger partial charge in [-0.2, -0.15) is 0 Å². The minimum absolute atomic E-state index is 0.0955. The topological polar surface area (TPSA) is 117 Å². The monoisotopic (exact) mass is 862 g/mol. The van der Waals surface area contributed by atoms with Gasteiger partial charge in [0.05, 0.1) is 19.8 Å². The first-order valence-electron chi connectivity index (χ1n) is 24.4. The Morgan fingerprint density at radius 2 is 0.933 bits per heavy atom. The molecule has 0 amide bonds. The normalized spacial score (nSPS) is 14.0. The predicted molar refractivity (Wildman–Crippen MR) is 256 cm³/mol. The Bertz CT molecular complexity index is 1150. The average molecular weight is 862 g/mol. The third-order valence-corrected chi connectivity index (χ3v) is 11.1. The largest absolute Gasteiger partial charge is 0.472 e. The molecular formula is C51H92NO7P. The summed E-state index contributed by atoms with van der Waals surface area (Å²) in [4.78, 5) is 22.6. The van der Waals surface area contributed by atoms with Crippen molar-refractivity contribution in [2.24, 2.45) is 5.73 Å². The number of phosphoric acid groups is 1. The van der Waals surface area contributed by atoms with Crippen molar-refractivity contribution in [1.29, 1.82) is 0 Å². The van der Waals surface area contributed by atoms with Crippen molar-refractivity contribution in [2.75, 3.05) is 33.0 Å². The second-order valence-corrected chi connectivity index (χ2v) is 17.4. The number of hydrogen-bond donors (Lipinski definition) is 2. The first-order chi connectivity index (χ1) is 29.4. The summed E-state index contributed by atoms with van der Waals surface area (Å²) in [6, 6.07) is 0. The van der Waals surface area contributed by atoms with Gasteiger partial charge in [-0.1, -0.05) is 189 Å². The summed E-state index contributed by atoms with van der Waals surface area (Å²) in [5.41, 5.74) is 5.38. The van der Waals surface area contributed by atoms with Crippen LogP contribution >= 0.6 is 7.82 Å². The number of unbranched alkanes of at least 4 members (excludes halogenated alkanes) is 21. The van der Waals surface area contributed by atoms with E-state index in [4.69, 9.17) is 24.3 Å². The fourth-order valence-electron chi connectivity index (χ4n) is 6.55. The maximum Gasteiger partial charge on any atom is 0.472 e. The van der Waals surface area contributed by atoms with Crippen molar-refractivity contribution in [1.82, 2.24) is 0 Å². The molecule has 0 bridgehead atoms. The Morgan fingerprint density at radius 1 is 0.517 bits per heavy atom. The smallest absolute Gasteiger partial charge is 0.457 e. The molecule has 0 radical (unpaired) electrons. The fourth-order valence-corrected chi connectivity index (χ4v) is 7.31. The van der Waals surface area contributed by atoms with E-state index in [1.807, 2.05) is 0 Å². The number of nitrogens with two attached hydrogens (primary N) is 1. The van der Waals surface area contributed by atoms with Crippen LogP contribution in [0, 0.1) is 0 Å². The van der Waals surface area contributed by atoms with E-state index in [1.54, 1.807) is 0 Å². The van der Waals surface area contributed by atoms with E-state index in [-0.39, 0.29) is 32.3 Å². The molecule has 0 aromatic rings. The van der Waals surface area contributed by atoms with Crippen molar-refractivity contribution in [2.45, 2.75) is 213 Å². The van der Waals surface area contributed by atoms with Crippen molar-refractivity contribution >= 4 is 13.8 Å². The van der Waals surface area contributed by atoms with Gasteiger partial charge in [0.15, 0.2) is 0 Å². The summed E-state index contributed by atoms with van der Waals surface area (Å²) in [6.07, 6.45) is 60.7. The predicted octanol–water partition coefficient (Wildman–Crippen LogP) is 15.1. The highest BCUT2D eigenvalue weighted by atomic mass is 31.2. The Hall–Kier alpha value is -2.06. The lowest BCUT2D eigenvalue weighted by Gasteiger charge is -2.20. The van der Waals surface area contributed by atoms with Gasteiger partial charge in [0.1, 0.15) is 6.10 Å². The zero-order valence-corrected chi connectivity index (χ0v) is 39.6. The van der Waals surface area contributed by atoms with Crippen LogP contribution < -0.4 is 5.73 Å². The van der Waals surface area contributed by atoms with E-state index in [0.29, 0.717) is 13.0 Å². The van der Waals surface area contributed by atoms with Gasteiger partial charge in [0.25, 0.3) is 0 Å². The van der Waals surface area contributed by atoms with Crippen LogP contribution in [-0.4, -0.2) is 49.9 Å². The SMILES string of the molecule is CC/C=C\C/C=C\C/C=C\C/C=C\CCCCCCCCCCCCCCC(=O)OC(COCCCCCCCC/C=C\C/C=C\CCCCC)COP(=O)(O)OCCN. The summed E-state index contributed by atoms with van der Waals surface area (Å²) in [5.74, 6) is -0.338. The van der Waals surface area contributed by atoms with Gasteiger partial charge in [0.2, 0.25) is 0 Å². The molecule has 0 aliphatic rings. The van der Waals surface area contributed by atoms with Crippen LogP contribution in [0.4, 0.5) is 0 Å². The molecule has 8 nitrogen and oxygen atoms in total. The van der Waals surface area contributed by atoms with E-state index in [0.717, 1.165) is 77.0 Å². The van der Waals surface area contributed by atoms with Crippen molar-refractivity contribution in [3.8, 4) is 0 Å². The molecule has 0 aliphatic carbocycles. The molecule has 3 N–H and O–H groups in total. The molecule has 0 aliphatic heterocycles. The quantitative estimate of drug-likeness (QED) is 0.0269. The van der Waals surface area contributed by atoms with Crippen LogP contribution in [0.1, 0.15) is 206 Å². The van der Waals surface area contributed by atoms with Crippen molar-refractivity contribution in [3.63, 3.8) is 0 Å². The lowest BCUT2D eigenvalue weighted by Crippen LogP contribution is -2.28. The standard InChI is InChI=1S/C51H92NO7P/c1-3-5-7-9-11-13-15-17-19-21-22-23-24-25-26-27-28-29-30-32-34-36-38-40-42-44-51(53)59-50(49-58-60(54,55)57-47-45-52)48-56-46-43-41-39-37-35-33-31-20-18-16-14-12-10-8-6-4-2/h5,7,11-14,17-20,22-23,50H,3-4,6,8-10,15-16,21,24-49,52H2,1-2H3,(H,54,55)/b7-5-,13-11-,14-12-,19-17-,20-18-,23-22-. The molecule has 0 heterocycles. The zero-order chi connectivity index (χ0) is 43.7. The van der Waals surface area contributed by atoms with Crippen LogP contribution in [0.15, 0.2) is 72.9 Å². The number of esters is 1. The van der Waals surface area contributed by atoms with E-state index in [9.17, 15) is 14.3 Å². The zero-order valence-electron chi connectivity index (χ0n) is 38.7. The molecule has 2 atom stereocenters. The van der Waals surface area contributed by atoms with Crippen molar-refractivity contribution in [3.05, 3.63) is 72.9 Å². The molecule has 9 heteroatoms. The summed E-state index contributed by atoms with van der Waals surface area (Å²) in [6.45, 7) is 4.76. The lowest BCUT2D eigenvalue weighted by atomic mass is 10.0. The molecule has 0 aromatic carbocycles.